The van der Waals surface area contributed by atoms with Crippen molar-refractivity contribution in [2.24, 2.45) is 4.99 Å². The van der Waals surface area contributed by atoms with Crippen LogP contribution in [-0.4, -0.2) is 27.7 Å². The molecule has 0 amide bonds. The van der Waals surface area contributed by atoms with Gasteiger partial charge >= 0.3 is 0 Å². The molecule has 0 aliphatic rings. The van der Waals surface area contributed by atoms with Crippen molar-refractivity contribution in [3.63, 3.8) is 0 Å². The van der Waals surface area contributed by atoms with Gasteiger partial charge in [-0.1, -0.05) is 102 Å². The van der Waals surface area contributed by atoms with Crippen LogP contribution < -0.4 is 0 Å². The summed E-state index contributed by atoms with van der Waals surface area (Å²) in [7, 11) is 0. The van der Waals surface area contributed by atoms with Crippen molar-refractivity contribution in [1.29, 1.82) is 10.5 Å². The number of benzene rings is 6. The van der Waals surface area contributed by atoms with Crippen LogP contribution in [0.1, 0.15) is 79.7 Å². The number of aromatic nitrogens is 1. The molecule has 0 aliphatic carbocycles. The Labute approximate surface area is 337 Å². The summed E-state index contributed by atoms with van der Waals surface area (Å²) in [5.74, 6) is 0.223. The molecule has 0 bridgehead atoms. The van der Waals surface area contributed by atoms with Crippen LogP contribution in [0.15, 0.2) is 126 Å². The van der Waals surface area contributed by atoms with E-state index in [2.05, 4.69) is 65.8 Å². The minimum Gasteiger partial charge on any atom is -0.507 e. The van der Waals surface area contributed by atoms with E-state index in [1.807, 2.05) is 91.0 Å². The lowest BCUT2D eigenvalue weighted by Gasteiger charge is -2.19. The number of nitriles is 2. The monoisotopic (exact) mass is 766 g/mol. The highest BCUT2D eigenvalue weighted by Gasteiger charge is 2.19. The number of thiazole rings is 1. The van der Waals surface area contributed by atoms with Crippen molar-refractivity contribution in [2.75, 3.05) is 0 Å². The molecule has 7 aromatic rings. The van der Waals surface area contributed by atoms with E-state index in [1.54, 1.807) is 35.8 Å². The predicted molar refractivity (Wildman–Crippen MR) is 232 cm³/mol. The number of hydrogen-bond acceptors (Lipinski definition) is 8. The molecule has 8 heteroatoms. The van der Waals surface area contributed by atoms with Crippen molar-refractivity contribution >= 4 is 39.7 Å². The minimum absolute atomic E-state index is 0.00542. The molecule has 1 aromatic heterocycles. The molecule has 282 valence electrons. The van der Waals surface area contributed by atoms with Gasteiger partial charge in [0.2, 0.25) is 0 Å². The summed E-state index contributed by atoms with van der Waals surface area (Å²) in [6.45, 7) is 12.6. The van der Waals surface area contributed by atoms with Gasteiger partial charge in [0.05, 0.1) is 44.7 Å². The quantitative estimate of drug-likeness (QED) is 0.128. The molecule has 7 rings (SSSR count). The van der Waals surface area contributed by atoms with Gasteiger partial charge in [-0.15, -0.1) is 11.3 Å². The van der Waals surface area contributed by atoms with Gasteiger partial charge in [-0.25, -0.2) is 4.98 Å². The molecule has 6 aromatic carbocycles. The third-order valence-electron chi connectivity index (χ3n) is 9.58. The molecule has 0 fully saturated rings. The van der Waals surface area contributed by atoms with Gasteiger partial charge in [-0.2, -0.15) is 10.5 Å². The molecule has 57 heavy (non-hydrogen) atoms. The van der Waals surface area contributed by atoms with Gasteiger partial charge in [0.15, 0.2) is 6.29 Å². The zero-order valence-corrected chi connectivity index (χ0v) is 33.5. The molecular formula is C49H42N4O3S. The maximum atomic E-state index is 10.6. The van der Waals surface area contributed by atoms with Gasteiger partial charge in [0, 0.05) is 28.5 Å². The van der Waals surface area contributed by atoms with Crippen molar-refractivity contribution in [3.8, 4) is 56.5 Å². The summed E-state index contributed by atoms with van der Waals surface area (Å²) in [4.78, 5) is 20.6. The first-order chi connectivity index (χ1) is 27.2. The molecule has 2 N–H and O–H groups in total. The lowest BCUT2D eigenvalue weighted by Crippen LogP contribution is -2.11. The number of aromatic hydroxyl groups is 2. The fourth-order valence-corrected chi connectivity index (χ4v) is 7.34. The maximum Gasteiger partial charge on any atom is 0.153 e. The maximum absolute atomic E-state index is 10.6. The molecule has 1 heterocycles. The third kappa shape index (κ3) is 9.00. The van der Waals surface area contributed by atoms with E-state index in [9.17, 15) is 25.5 Å². The Morgan fingerprint density at radius 2 is 1.14 bits per heavy atom. The molecule has 0 atom stereocenters. The summed E-state index contributed by atoms with van der Waals surface area (Å²) in [6.07, 6.45) is 2.38. The minimum atomic E-state index is -0.0610. The summed E-state index contributed by atoms with van der Waals surface area (Å²) in [5.41, 5.74) is 10.8. The number of carbonyl (C=O) groups is 1. The topological polar surface area (TPSA) is 130 Å². The second kappa shape index (κ2) is 16.5. The summed E-state index contributed by atoms with van der Waals surface area (Å²) in [6, 6.07) is 42.3. The number of rotatable bonds is 6. The van der Waals surface area contributed by atoms with Crippen LogP contribution in [0.2, 0.25) is 0 Å². The molecule has 0 unspecified atom stereocenters. The number of phenolic OH excluding ortho intramolecular Hbond substituents is 2. The first-order valence-electron chi connectivity index (χ1n) is 18.4. The van der Waals surface area contributed by atoms with E-state index < -0.39 is 0 Å². The predicted octanol–water partition coefficient (Wildman–Crippen LogP) is 12.3. The average molecular weight is 767 g/mol. The Hall–Kier alpha value is -6.87. The fraction of sp³-hybridized carbons (Fsp3) is 0.163. The van der Waals surface area contributed by atoms with Crippen molar-refractivity contribution in [3.05, 3.63) is 155 Å². The Bertz CT molecular complexity index is 2610. The van der Waals surface area contributed by atoms with E-state index in [4.69, 9.17) is 9.98 Å². The third-order valence-corrected chi connectivity index (χ3v) is 10.7. The normalized spacial score (nSPS) is 11.4. The van der Waals surface area contributed by atoms with E-state index in [1.165, 1.54) is 0 Å². The number of para-hydroxylation sites is 1. The molecule has 7 nitrogen and oxygen atoms in total. The van der Waals surface area contributed by atoms with Gasteiger partial charge in [-0.3, -0.25) is 9.79 Å². The van der Waals surface area contributed by atoms with E-state index in [-0.39, 0.29) is 22.3 Å². The Morgan fingerprint density at radius 1 is 0.632 bits per heavy atom. The highest BCUT2D eigenvalue weighted by Crippen LogP contribution is 2.43. The van der Waals surface area contributed by atoms with Crippen LogP contribution >= 0.6 is 11.3 Å². The summed E-state index contributed by atoms with van der Waals surface area (Å²) < 4.78 is 1.01. The average Bonchev–Trinajstić information content (AvgIpc) is 3.65. The highest BCUT2D eigenvalue weighted by molar-refractivity contribution is 7.22. The van der Waals surface area contributed by atoms with Crippen LogP contribution in [0.5, 0.6) is 11.5 Å². The number of fused-ring (bicyclic) bond motifs is 1. The van der Waals surface area contributed by atoms with Crippen molar-refractivity contribution in [1.82, 2.24) is 4.98 Å². The Kier molecular flexibility index (Phi) is 11.5. The first kappa shape index (κ1) is 39.8. The second-order valence-corrected chi connectivity index (χ2v) is 16.7. The number of aldehydes is 1. The zero-order valence-electron chi connectivity index (χ0n) is 32.7. The SMILES string of the molecule is CC(C)(C)c1ccc(O)c(C=Nc2ccccc2-c2nc3c(-c4ccc(C#N)cc4)ccc(-c4ccc(C#N)cc4)c3s2)c1.CC(C)(C)c1ccc(O)c(C=O)c1. The molecule has 0 radical (unpaired) electrons. The van der Waals surface area contributed by atoms with Gasteiger partial charge in [-0.05, 0) is 93.7 Å². The van der Waals surface area contributed by atoms with Crippen molar-refractivity contribution < 1.29 is 15.0 Å². The van der Waals surface area contributed by atoms with Crippen LogP contribution in [0, 0.1) is 22.7 Å². The smallest absolute Gasteiger partial charge is 0.153 e. The lowest BCUT2D eigenvalue weighted by molar-refractivity contribution is 0.112. The standard InChI is InChI=1S/C38H28N4OS.C11H14O2/c1-38(2,3)29-16-19-34(43)28(20-29)23-41-33-7-5-4-6-32(33)37-42-35-30(26-12-8-24(21-39)9-13-26)17-18-31(36(35)44-37)27-14-10-25(22-40)11-15-27;1-11(2,3)9-4-5-10(13)8(6-9)7-12/h4-20,23,43H,1-3H3;4-7,13H,1-3H3. The molecular weight excluding hydrogens is 725 g/mol. The highest BCUT2D eigenvalue weighted by atomic mass is 32.1. The van der Waals surface area contributed by atoms with E-state index >= 15 is 0 Å². The van der Waals surface area contributed by atoms with Crippen LogP contribution in [0.4, 0.5) is 5.69 Å². The number of hydrogen-bond donors (Lipinski definition) is 2. The van der Waals surface area contributed by atoms with Gasteiger partial charge < -0.3 is 10.2 Å². The van der Waals surface area contributed by atoms with Crippen LogP contribution in [0.3, 0.4) is 0 Å². The lowest BCUT2D eigenvalue weighted by atomic mass is 9.86. The van der Waals surface area contributed by atoms with Gasteiger partial charge in [0.25, 0.3) is 0 Å². The van der Waals surface area contributed by atoms with Crippen LogP contribution in [0.25, 0.3) is 43.0 Å². The summed E-state index contributed by atoms with van der Waals surface area (Å²) in [5, 5.41) is 39.3. The van der Waals surface area contributed by atoms with Crippen molar-refractivity contribution in [2.45, 2.75) is 52.4 Å². The number of nitrogens with zero attached hydrogens (tertiary/aromatic N) is 4. The number of phenols is 2. The van der Waals surface area contributed by atoms with E-state index in [0.717, 1.165) is 59.9 Å². The molecule has 0 saturated heterocycles. The van der Waals surface area contributed by atoms with E-state index in [0.29, 0.717) is 28.5 Å². The molecule has 0 spiro atoms. The number of aliphatic imine (C=N–C) groups is 1. The largest absolute Gasteiger partial charge is 0.507 e. The Balaban J connectivity index is 0.000000360. The zero-order chi connectivity index (χ0) is 40.9. The second-order valence-electron chi connectivity index (χ2n) is 15.7. The first-order valence-corrected chi connectivity index (χ1v) is 19.2. The number of carbonyl (C=O) groups excluding carboxylic acids is 1. The van der Waals surface area contributed by atoms with Crippen LogP contribution in [-0.2, 0) is 10.8 Å². The molecule has 0 saturated carbocycles. The fourth-order valence-electron chi connectivity index (χ4n) is 6.18. The summed E-state index contributed by atoms with van der Waals surface area (Å²) >= 11 is 1.59. The van der Waals surface area contributed by atoms with Gasteiger partial charge in [0.1, 0.15) is 16.5 Å². The Morgan fingerprint density at radius 3 is 1.68 bits per heavy atom. The molecule has 0 aliphatic heterocycles.